The van der Waals surface area contributed by atoms with Gasteiger partial charge in [0.2, 0.25) is 0 Å². The van der Waals surface area contributed by atoms with Crippen LogP contribution in [0.15, 0.2) is 41.3 Å². The Morgan fingerprint density at radius 3 is 2.50 bits per heavy atom. The minimum atomic E-state index is -1.45. The minimum absolute atomic E-state index is 0.0888. The molecule has 1 unspecified atom stereocenters. The molecule has 0 saturated carbocycles. The molecular formula is C14H12ClF2NOS. The summed E-state index contributed by atoms with van der Waals surface area (Å²) in [5, 5.41) is -0.0888. The Morgan fingerprint density at radius 1 is 1.10 bits per heavy atom. The summed E-state index contributed by atoms with van der Waals surface area (Å²) < 4.78 is 38.5. The van der Waals surface area contributed by atoms with Crippen LogP contribution in [0.1, 0.15) is 11.1 Å². The van der Waals surface area contributed by atoms with E-state index in [2.05, 4.69) is 0 Å². The van der Waals surface area contributed by atoms with Crippen molar-refractivity contribution in [3.05, 3.63) is 64.2 Å². The van der Waals surface area contributed by atoms with Gasteiger partial charge in [-0.1, -0.05) is 17.7 Å². The molecule has 2 N–H and O–H groups in total. The fourth-order valence-electron chi connectivity index (χ4n) is 1.77. The third-order valence-electron chi connectivity index (χ3n) is 2.83. The summed E-state index contributed by atoms with van der Waals surface area (Å²) in [6.07, 6.45) is 0. The summed E-state index contributed by atoms with van der Waals surface area (Å²) in [6.45, 7) is 0.233. The van der Waals surface area contributed by atoms with Gasteiger partial charge in [0.1, 0.15) is 11.6 Å². The van der Waals surface area contributed by atoms with Crippen LogP contribution in [0.5, 0.6) is 0 Å². The predicted octanol–water partition coefficient (Wildman–Crippen LogP) is 3.38. The summed E-state index contributed by atoms with van der Waals surface area (Å²) in [4.78, 5) is 0.392. The van der Waals surface area contributed by atoms with Gasteiger partial charge in [0.05, 0.1) is 21.6 Å². The Labute approximate surface area is 123 Å². The number of halogens is 3. The van der Waals surface area contributed by atoms with E-state index in [1.165, 1.54) is 24.3 Å². The molecule has 2 rings (SSSR count). The molecule has 0 aromatic heterocycles. The number of benzene rings is 2. The van der Waals surface area contributed by atoms with Crippen LogP contribution in [0.4, 0.5) is 8.78 Å². The Morgan fingerprint density at radius 2 is 1.85 bits per heavy atom. The average Bonchev–Trinajstić information content (AvgIpc) is 2.42. The monoisotopic (exact) mass is 315 g/mol. The van der Waals surface area contributed by atoms with Crippen molar-refractivity contribution in [2.24, 2.45) is 5.73 Å². The van der Waals surface area contributed by atoms with Gasteiger partial charge in [0, 0.05) is 11.4 Å². The van der Waals surface area contributed by atoms with Crippen molar-refractivity contribution in [3.63, 3.8) is 0 Å². The molecule has 0 fully saturated rings. The molecule has 2 nitrogen and oxygen atoms in total. The molecule has 0 heterocycles. The maximum Gasteiger partial charge on any atom is 0.141 e. The second-order valence-electron chi connectivity index (χ2n) is 4.18. The van der Waals surface area contributed by atoms with E-state index in [1.807, 2.05) is 0 Å². The van der Waals surface area contributed by atoms with Gasteiger partial charge in [-0.05, 0) is 41.5 Å². The highest BCUT2D eigenvalue weighted by Gasteiger charge is 2.11. The standard InChI is InChI=1S/C14H12ClF2NOS/c15-13-6-12(3-4-14(13)17)20(19)8-10-5-11(16)2-1-9(10)7-18/h1-6H,7-8,18H2. The van der Waals surface area contributed by atoms with Crippen LogP contribution in [-0.4, -0.2) is 4.21 Å². The number of rotatable bonds is 4. The molecule has 0 spiro atoms. The fourth-order valence-corrected chi connectivity index (χ4v) is 3.20. The highest BCUT2D eigenvalue weighted by atomic mass is 35.5. The van der Waals surface area contributed by atoms with Gasteiger partial charge < -0.3 is 5.73 Å². The van der Waals surface area contributed by atoms with E-state index in [-0.39, 0.29) is 17.3 Å². The molecule has 0 aliphatic heterocycles. The zero-order valence-corrected chi connectivity index (χ0v) is 12.0. The van der Waals surface area contributed by atoms with Gasteiger partial charge in [-0.2, -0.15) is 0 Å². The highest BCUT2D eigenvalue weighted by Crippen LogP contribution is 2.21. The van der Waals surface area contributed by atoms with Crippen LogP contribution in [0, 0.1) is 11.6 Å². The lowest BCUT2D eigenvalue weighted by atomic mass is 10.1. The van der Waals surface area contributed by atoms with Crippen LogP contribution < -0.4 is 5.73 Å². The van der Waals surface area contributed by atoms with Crippen LogP contribution in [0.2, 0.25) is 5.02 Å². The molecule has 2 aromatic rings. The predicted molar refractivity (Wildman–Crippen MR) is 75.8 cm³/mol. The van der Waals surface area contributed by atoms with Crippen molar-refractivity contribution in [3.8, 4) is 0 Å². The molecule has 20 heavy (non-hydrogen) atoms. The maximum absolute atomic E-state index is 13.2. The topological polar surface area (TPSA) is 43.1 Å². The first-order valence-electron chi connectivity index (χ1n) is 5.82. The number of hydrogen-bond acceptors (Lipinski definition) is 2. The van der Waals surface area contributed by atoms with Gasteiger partial charge in [0.25, 0.3) is 0 Å². The normalized spacial score (nSPS) is 12.4. The van der Waals surface area contributed by atoms with Gasteiger partial charge in [-0.15, -0.1) is 0 Å². The van der Waals surface area contributed by atoms with E-state index in [9.17, 15) is 13.0 Å². The van der Waals surface area contributed by atoms with Crippen molar-refractivity contribution in [1.82, 2.24) is 0 Å². The Kier molecular flexibility index (Phi) is 4.86. The lowest BCUT2D eigenvalue weighted by molar-refractivity contribution is 0.625. The molecule has 1 atom stereocenters. The Hall–Kier alpha value is -1.30. The summed E-state index contributed by atoms with van der Waals surface area (Å²) in [5.41, 5.74) is 6.87. The maximum atomic E-state index is 13.2. The van der Waals surface area contributed by atoms with Crippen LogP contribution in [-0.2, 0) is 23.1 Å². The minimum Gasteiger partial charge on any atom is -0.326 e. The van der Waals surface area contributed by atoms with Crippen LogP contribution in [0.3, 0.4) is 0 Å². The lowest BCUT2D eigenvalue weighted by Gasteiger charge is -2.08. The van der Waals surface area contributed by atoms with Gasteiger partial charge in [0.15, 0.2) is 0 Å². The average molecular weight is 316 g/mol. The van der Waals surface area contributed by atoms with E-state index < -0.39 is 22.4 Å². The molecule has 0 aliphatic carbocycles. The van der Waals surface area contributed by atoms with E-state index in [0.717, 1.165) is 11.6 Å². The number of hydrogen-bond donors (Lipinski definition) is 1. The van der Waals surface area contributed by atoms with Crippen molar-refractivity contribution >= 4 is 22.4 Å². The van der Waals surface area contributed by atoms with Crippen molar-refractivity contribution in [1.29, 1.82) is 0 Å². The molecule has 0 bridgehead atoms. The molecule has 0 amide bonds. The first-order valence-corrected chi connectivity index (χ1v) is 7.51. The summed E-state index contributed by atoms with van der Waals surface area (Å²) in [5.74, 6) is -0.876. The molecule has 6 heteroatoms. The van der Waals surface area contributed by atoms with Crippen LogP contribution >= 0.6 is 11.6 Å². The van der Waals surface area contributed by atoms with Gasteiger partial charge >= 0.3 is 0 Å². The first kappa shape index (κ1) is 15.1. The van der Waals surface area contributed by atoms with Gasteiger partial charge in [-0.25, -0.2) is 8.78 Å². The van der Waals surface area contributed by atoms with Gasteiger partial charge in [-0.3, -0.25) is 4.21 Å². The first-order chi connectivity index (χ1) is 9.51. The SMILES string of the molecule is NCc1ccc(F)cc1CS(=O)c1ccc(F)c(Cl)c1. The summed E-state index contributed by atoms with van der Waals surface area (Å²) in [7, 11) is -1.45. The molecule has 0 radical (unpaired) electrons. The molecule has 0 saturated heterocycles. The van der Waals surface area contributed by atoms with Crippen molar-refractivity contribution in [2.75, 3.05) is 0 Å². The van der Waals surface area contributed by atoms with E-state index >= 15 is 0 Å². The Balaban J connectivity index is 2.27. The van der Waals surface area contributed by atoms with Crippen molar-refractivity contribution in [2.45, 2.75) is 17.2 Å². The lowest BCUT2D eigenvalue weighted by Crippen LogP contribution is -2.05. The van der Waals surface area contributed by atoms with E-state index in [0.29, 0.717) is 10.5 Å². The fraction of sp³-hybridized carbons (Fsp3) is 0.143. The molecule has 0 aliphatic rings. The summed E-state index contributed by atoms with van der Waals surface area (Å²) in [6, 6.07) is 8.06. The zero-order valence-electron chi connectivity index (χ0n) is 10.4. The third-order valence-corrected chi connectivity index (χ3v) is 4.47. The quantitative estimate of drug-likeness (QED) is 0.940. The summed E-state index contributed by atoms with van der Waals surface area (Å²) >= 11 is 5.66. The molecular weight excluding hydrogens is 304 g/mol. The number of nitrogens with two attached hydrogens (primary N) is 1. The smallest absolute Gasteiger partial charge is 0.141 e. The second kappa shape index (κ2) is 6.43. The van der Waals surface area contributed by atoms with E-state index in [1.54, 1.807) is 6.07 Å². The highest BCUT2D eigenvalue weighted by molar-refractivity contribution is 7.84. The Bertz CT molecular complexity index is 664. The largest absolute Gasteiger partial charge is 0.326 e. The third kappa shape index (κ3) is 3.42. The zero-order chi connectivity index (χ0) is 14.7. The molecule has 2 aromatic carbocycles. The molecule has 106 valence electrons. The second-order valence-corrected chi connectivity index (χ2v) is 6.04. The van der Waals surface area contributed by atoms with Crippen LogP contribution in [0.25, 0.3) is 0 Å². The van der Waals surface area contributed by atoms with Crippen molar-refractivity contribution < 1.29 is 13.0 Å². The van der Waals surface area contributed by atoms with E-state index in [4.69, 9.17) is 17.3 Å².